The lowest BCUT2D eigenvalue weighted by molar-refractivity contribution is 0.0236. The Morgan fingerprint density at radius 2 is 2.06 bits per heavy atom. The molecular formula is C24H26N6O3. The maximum atomic E-state index is 9.71. The monoisotopic (exact) mass is 446 g/mol. The van der Waals surface area contributed by atoms with E-state index in [1.807, 2.05) is 23.5 Å². The molecule has 0 atom stereocenters. The van der Waals surface area contributed by atoms with Crippen LogP contribution >= 0.6 is 0 Å². The molecular weight excluding hydrogens is 420 g/mol. The van der Waals surface area contributed by atoms with Crippen molar-refractivity contribution in [2.45, 2.75) is 18.9 Å². The molecule has 1 fully saturated rings. The number of nitrogens with zero attached hydrogens (tertiary/aromatic N) is 4. The third-order valence-corrected chi connectivity index (χ3v) is 5.95. The number of aromatic amines is 1. The van der Waals surface area contributed by atoms with Crippen LogP contribution in [0.1, 0.15) is 24.0 Å². The minimum absolute atomic E-state index is 0.0285. The van der Waals surface area contributed by atoms with Crippen LogP contribution < -0.4 is 10.2 Å². The summed E-state index contributed by atoms with van der Waals surface area (Å²) in [5.41, 5.74) is 8.55. The first-order valence-electron chi connectivity index (χ1n) is 11.1. The lowest BCUT2D eigenvalue weighted by Crippen LogP contribution is -2.31. The van der Waals surface area contributed by atoms with Crippen molar-refractivity contribution in [2.75, 3.05) is 40.0 Å². The van der Waals surface area contributed by atoms with Gasteiger partial charge in [0.15, 0.2) is 0 Å². The van der Waals surface area contributed by atoms with Crippen LogP contribution in [-0.2, 0) is 9.47 Å². The van der Waals surface area contributed by atoms with E-state index in [0.717, 1.165) is 59.2 Å². The van der Waals surface area contributed by atoms with Crippen molar-refractivity contribution < 1.29 is 14.2 Å². The summed E-state index contributed by atoms with van der Waals surface area (Å²) in [6.07, 6.45) is 9.27. The highest BCUT2D eigenvalue weighted by atomic mass is 16.5. The zero-order chi connectivity index (χ0) is 22.6. The molecule has 5 rings (SSSR count). The molecule has 9 nitrogen and oxygen atoms in total. The molecule has 2 N–H and O–H groups in total. The lowest BCUT2D eigenvalue weighted by atomic mass is 10.0. The van der Waals surface area contributed by atoms with Gasteiger partial charge in [-0.2, -0.15) is 5.26 Å². The highest BCUT2D eigenvalue weighted by Crippen LogP contribution is 2.32. The first kappa shape index (κ1) is 21.4. The smallest absolute Gasteiger partial charge is 0.231 e. The van der Waals surface area contributed by atoms with E-state index in [2.05, 4.69) is 38.7 Å². The van der Waals surface area contributed by atoms with Gasteiger partial charge in [0.2, 0.25) is 5.88 Å². The molecule has 2 aliphatic rings. The van der Waals surface area contributed by atoms with Gasteiger partial charge in [-0.05, 0) is 23.3 Å². The Kier molecular flexibility index (Phi) is 6.21. The van der Waals surface area contributed by atoms with Crippen LogP contribution in [0, 0.1) is 11.3 Å². The number of nitrogens with one attached hydrogen (secondary N) is 2. The fourth-order valence-corrected chi connectivity index (χ4v) is 4.12. The Hall–Kier alpha value is -3.45. The van der Waals surface area contributed by atoms with Crippen molar-refractivity contribution >= 4 is 16.6 Å². The van der Waals surface area contributed by atoms with E-state index in [1.54, 1.807) is 13.3 Å². The van der Waals surface area contributed by atoms with Crippen molar-refractivity contribution in [1.29, 1.82) is 5.26 Å². The molecule has 0 bridgehead atoms. The minimum atomic E-state index is 0.0285. The van der Waals surface area contributed by atoms with Crippen molar-refractivity contribution in [3.63, 3.8) is 0 Å². The van der Waals surface area contributed by atoms with Crippen molar-refractivity contribution in [1.82, 2.24) is 25.4 Å². The average Bonchev–Trinajstić information content (AvgIpc) is 3.50. The van der Waals surface area contributed by atoms with Gasteiger partial charge in [-0.15, -0.1) is 0 Å². The van der Waals surface area contributed by atoms with Crippen LogP contribution in [0.2, 0.25) is 0 Å². The van der Waals surface area contributed by atoms with E-state index < -0.39 is 0 Å². The van der Waals surface area contributed by atoms with E-state index in [9.17, 15) is 5.26 Å². The molecule has 170 valence electrons. The van der Waals surface area contributed by atoms with Crippen LogP contribution in [0.25, 0.3) is 27.7 Å². The van der Waals surface area contributed by atoms with Gasteiger partial charge in [0.05, 0.1) is 26.4 Å². The van der Waals surface area contributed by atoms with Gasteiger partial charge in [0.1, 0.15) is 23.4 Å². The molecule has 3 aromatic rings. The third kappa shape index (κ3) is 4.54. The summed E-state index contributed by atoms with van der Waals surface area (Å²) in [4.78, 5) is 12.3. The molecule has 3 aromatic heterocycles. The average molecular weight is 447 g/mol. The molecule has 33 heavy (non-hydrogen) atoms. The SMILES string of the molecule is COCCN1C=C(c2cnc3[nH]cc(-c4cnc(OC5CCOCC5)c(C#N)c4)c3c2)CN1. The Labute approximate surface area is 192 Å². The maximum Gasteiger partial charge on any atom is 0.231 e. The number of H-pyrrole nitrogens is 1. The topological polar surface area (TPSA) is 108 Å². The molecule has 0 spiro atoms. The number of pyridine rings is 2. The molecule has 0 aliphatic carbocycles. The minimum Gasteiger partial charge on any atom is -0.473 e. The van der Waals surface area contributed by atoms with Crippen molar-refractivity contribution in [3.05, 3.63) is 48.1 Å². The number of fused-ring (bicyclic) bond motifs is 1. The second kappa shape index (κ2) is 9.58. The van der Waals surface area contributed by atoms with Gasteiger partial charge < -0.3 is 24.2 Å². The maximum absolute atomic E-state index is 9.71. The van der Waals surface area contributed by atoms with Gasteiger partial charge in [0, 0.05) is 67.8 Å². The summed E-state index contributed by atoms with van der Waals surface area (Å²) < 4.78 is 16.5. The Balaban J connectivity index is 1.43. The summed E-state index contributed by atoms with van der Waals surface area (Å²) in [7, 11) is 1.70. The van der Waals surface area contributed by atoms with Gasteiger partial charge in [-0.25, -0.2) is 15.4 Å². The summed E-state index contributed by atoms with van der Waals surface area (Å²) in [5, 5.41) is 12.7. The van der Waals surface area contributed by atoms with E-state index in [-0.39, 0.29) is 6.10 Å². The Morgan fingerprint density at radius 3 is 2.88 bits per heavy atom. The quantitative estimate of drug-likeness (QED) is 0.570. The fourth-order valence-electron chi connectivity index (χ4n) is 4.12. The van der Waals surface area contributed by atoms with Crippen molar-refractivity contribution in [3.8, 4) is 23.1 Å². The molecule has 0 amide bonds. The number of ether oxygens (including phenoxy) is 3. The van der Waals surface area contributed by atoms with E-state index in [4.69, 9.17) is 14.2 Å². The predicted octanol–water partition coefficient (Wildman–Crippen LogP) is 2.86. The molecule has 9 heteroatoms. The summed E-state index contributed by atoms with van der Waals surface area (Å²) in [5.74, 6) is 0.380. The molecule has 1 saturated heterocycles. The Morgan fingerprint density at radius 1 is 1.21 bits per heavy atom. The van der Waals surface area contributed by atoms with E-state index in [1.165, 1.54) is 0 Å². The van der Waals surface area contributed by atoms with Crippen LogP contribution in [0.15, 0.2) is 36.9 Å². The number of nitriles is 1. The highest BCUT2D eigenvalue weighted by Gasteiger charge is 2.20. The fraction of sp³-hybridized carbons (Fsp3) is 0.375. The normalized spacial score (nSPS) is 16.7. The van der Waals surface area contributed by atoms with Gasteiger partial charge >= 0.3 is 0 Å². The summed E-state index contributed by atoms with van der Waals surface area (Å²) in [6.45, 7) is 3.50. The molecule has 2 aliphatic heterocycles. The lowest BCUT2D eigenvalue weighted by Gasteiger charge is -2.23. The van der Waals surface area contributed by atoms with Crippen LogP contribution in [-0.4, -0.2) is 66.1 Å². The zero-order valence-corrected chi connectivity index (χ0v) is 18.5. The number of hydrogen-bond donors (Lipinski definition) is 2. The standard InChI is InChI=1S/C24H26N6O3/c1-31-7-4-30-15-19(13-29-30)17-9-21-22(14-27-23(21)26-11-17)18-8-16(10-25)24(28-12-18)33-20-2-5-32-6-3-20/h8-9,11-12,14-15,20,29H,2-7,13H2,1H3,(H,26,27). The number of methoxy groups -OCH3 is 1. The molecule has 0 aromatic carbocycles. The molecule has 0 radical (unpaired) electrons. The van der Waals surface area contributed by atoms with Crippen LogP contribution in [0.4, 0.5) is 0 Å². The highest BCUT2D eigenvalue weighted by molar-refractivity contribution is 5.95. The van der Waals surface area contributed by atoms with Gasteiger partial charge in [-0.3, -0.25) is 0 Å². The summed E-state index contributed by atoms with van der Waals surface area (Å²) in [6, 6.07) is 6.19. The number of aromatic nitrogens is 3. The number of rotatable bonds is 7. The van der Waals surface area contributed by atoms with Crippen LogP contribution in [0.5, 0.6) is 5.88 Å². The predicted molar refractivity (Wildman–Crippen MR) is 123 cm³/mol. The molecule has 0 unspecified atom stereocenters. The van der Waals surface area contributed by atoms with E-state index >= 15 is 0 Å². The third-order valence-electron chi connectivity index (χ3n) is 5.95. The number of hydrazine groups is 1. The second-order valence-corrected chi connectivity index (χ2v) is 8.12. The largest absolute Gasteiger partial charge is 0.473 e. The first-order valence-corrected chi connectivity index (χ1v) is 11.1. The van der Waals surface area contributed by atoms with Crippen molar-refractivity contribution in [2.24, 2.45) is 0 Å². The number of hydrogen-bond acceptors (Lipinski definition) is 8. The molecule has 5 heterocycles. The second-order valence-electron chi connectivity index (χ2n) is 8.12. The molecule has 0 saturated carbocycles. The van der Waals surface area contributed by atoms with E-state index in [0.29, 0.717) is 31.3 Å². The van der Waals surface area contributed by atoms with Gasteiger partial charge in [0.25, 0.3) is 0 Å². The van der Waals surface area contributed by atoms with Crippen LogP contribution in [0.3, 0.4) is 0 Å². The zero-order valence-electron chi connectivity index (χ0n) is 18.5. The summed E-state index contributed by atoms with van der Waals surface area (Å²) >= 11 is 0. The first-order chi connectivity index (χ1) is 16.2. The Bertz CT molecular complexity index is 1210. The van der Waals surface area contributed by atoms with Gasteiger partial charge in [-0.1, -0.05) is 0 Å².